The molecule has 0 N–H and O–H groups in total. The summed E-state index contributed by atoms with van der Waals surface area (Å²) < 4.78 is 1.67. The molecule has 4 fully saturated rings. The van der Waals surface area contributed by atoms with Gasteiger partial charge in [0.15, 0.2) is 5.78 Å². The number of carbonyl (C=O) groups is 1. The minimum absolute atomic E-state index is 0.113. The van der Waals surface area contributed by atoms with Gasteiger partial charge in [0.25, 0.3) is 0 Å². The van der Waals surface area contributed by atoms with Gasteiger partial charge in [-0.3, -0.25) is 9.48 Å². The molecule has 4 saturated carbocycles. The molecule has 32 heavy (non-hydrogen) atoms. The standard InChI is InChI=1S/C27H39N3OS/c1-17-7-9-26(2)19(11-17)5-6-20-21(26)8-10-27(3)22(12-24(32-4)25(20)27)23(31)16-30-15-18(13-28)14-29-30/h14-15,17,19-22,24-25H,5-12,16H2,1-4H3/t17-,19+,20+,21-,22+,24?,25?,26-,27+/m0/s1. The van der Waals surface area contributed by atoms with Gasteiger partial charge in [0.1, 0.15) is 6.07 Å². The monoisotopic (exact) mass is 453 g/mol. The van der Waals surface area contributed by atoms with Crippen molar-refractivity contribution in [3.63, 3.8) is 0 Å². The molecule has 9 atom stereocenters. The molecule has 4 nitrogen and oxygen atoms in total. The summed E-state index contributed by atoms with van der Waals surface area (Å²) in [5.74, 6) is 4.55. The molecule has 2 unspecified atom stereocenters. The number of aromatic nitrogens is 2. The smallest absolute Gasteiger partial charge is 0.157 e. The van der Waals surface area contributed by atoms with E-state index < -0.39 is 0 Å². The van der Waals surface area contributed by atoms with Gasteiger partial charge in [-0.1, -0.05) is 27.2 Å². The number of hydrogen-bond donors (Lipinski definition) is 0. The molecule has 1 heterocycles. The molecule has 5 heteroatoms. The van der Waals surface area contributed by atoms with Gasteiger partial charge in [0.2, 0.25) is 0 Å². The topological polar surface area (TPSA) is 58.7 Å². The number of Topliss-reactive ketones (excluding diaryl/α,β-unsaturated/α-hetero) is 1. The Balaban J connectivity index is 1.40. The van der Waals surface area contributed by atoms with Crippen molar-refractivity contribution in [1.29, 1.82) is 5.26 Å². The summed E-state index contributed by atoms with van der Waals surface area (Å²) in [6, 6.07) is 2.12. The maximum atomic E-state index is 13.6. The second kappa shape index (κ2) is 8.19. The second-order valence-corrected chi connectivity index (χ2v) is 13.1. The molecule has 1 aromatic heterocycles. The van der Waals surface area contributed by atoms with Crippen LogP contribution < -0.4 is 0 Å². The number of hydrogen-bond acceptors (Lipinski definition) is 4. The molecular formula is C27H39N3OS. The van der Waals surface area contributed by atoms with Gasteiger partial charge in [-0.2, -0.15) is 22.1 Å². The van der Waals surface area contributed by atoms with Crippen LogP contribution >= 0.6 is 11.8 Å². The lowest BCUT2D eigenvalue weighted by Crippen LogP contribution is -2.55. The predicted octanol–water partition coefficient (Wildman–Crippen LogP) is 5.96. The highest BCUT2D eigenvalue weighted by Crippen LogP contribution is 2.69. The fraction of sp³-hybridized carbons (Fsp3) is 0.815. The quantitative estimate of drug-likeness (QED) is 0.564. The Morgan fingerprint density at radius 2 is 2.00 bits per heavy atom. The van der Waals surface area contributed by atoms with Gasteiger partial charge in [0, 0.05) is 17.4 Å². The van der Waals surface area contributed by atoms with Crippen LogP contribution in [-0.4, -0.2) is 27.1 Å². The van der Waals surface area contributed by atoms with Gasteiger partial charge < -0.3 is 0 Å². The summed E-state index contributed by atoms with van der Waals surface area (Å²) in [4.78, 5) is 13.6. The van der Waals surface area contributed by atoms with E-state index in [0.717, 1.165) is 30.1 Å². The van der Waals surface area contributed by atoms with Crippen molar-refractivity contribution in [3.05, 3.63) is 18.0 Å². The van der Waals surface area contributed by atoms with Crippen molar-refractivity contribution in [3.8, 4) is 6.07 Å². The molecule has 0 saturated heterocycles. The number of carbonyl (C=O) groups excluding carboxylic acids is 1. The zero-order valence-corrected chi connectivity index (χ0v) is 21.0. The molecule has 4 aliphatic rings. The largest absolute Gasteiger partial charge is 0.297 e. The van der Waals surface area contributed by atoms with Crippen molar-refractivity contribution < 1.29 is 4.79 Å². The third-order valence-corrected chi connectivity index (χ3v) is 11.8. The van der Waals surface area contributed by atoms with Crippen molar-refractivity contribution in [1.82, 2.24) is 9.78 Å². The lowest BCUT2D eigenvalue weighted by atomic mass is 9.44. The van der Waals surface area contributed by atoms with Gasteiger partial charge in [-0.15, -0.1) is 0 Å². The van der Waals surface area contributed by atoms with Crippen LogP contribution in [0, 0.1) is 57.7 Å². The maximum Gasteiger partial charge on any atom is 0.157 e. The first-order chi connectivity index (χ1) is 15.3. The minimum Gasteiger partial charge on any atom is -0.297 e. The van der Waals surface area contributed by atoms with Crippen LogP contribution in [0.5, 0.6) is 0 Å². The van der Waals surface area contributed by atoms with Crippen LogP contribution in [0.3, 0.4) is 0 Å². The average molecular weight is 454 g/mol. The fourth-order valence-corrected chi connectivity index (χ4v) is 10.2. The molecule has 5 rings (SSSR count). The predicted molar refractivity (Wildman–Crippen MR) is 129 cm³/mol. The molecule has 0 aliphatic heterocycles. The summed E-state index contributed by atoms with van der Waals surface area (Å²) >= 11 is 2.02. The Morgan fingerprint density at radius 3 is 2.72 bits per heavy atom. The van der Waals surface area contributed by atoms with Crippen molar-refractivity contribution in [2.45, 2.75) is 83.9 Å². The molecular weight excluding hydrogens is 414 g/mol. The van der Waals surface area contributed by atoms with Gasteiger partial charge in [-0.05, 0) is 91.6 Å². The molecule has 4 aliphatic carbocycles. The number of rotatable bonds is 4. The molecule has 0 amide bonds. The summed E-state index contributed by atoms with van der Waals surface area (Å²) in [6.45, 7) is 7.86. The summed E-state index contributed by atoms with van der Waals surface area (Å²) in [6.07, 6.45) is 16.1. The third-order valence-electron chi connectivity index (χ3n) is 10.7. The molecule has 174 valence electrons. The van der Waals surface area contributed by atoms with E-state index in [2.05, 4.69) is 38.2 Å². The molecule has 0 aromatic carbocycles. The zero-order chi connectivity index (χ0) is 22.7. The zero-order valence-electron chi connectivity index (χ0n) is 20.2. The average Bonchev–Trinajstić information content (AvgIpc) is 3.35. The van der Waals surface area contributed by atoms with Crippen LogP contribution in [0.4, 0.5) is 0 Å². The van der Waals surface area contributed by atoms with Crippen molar-refractivity contribution in [2.24, 2.45) is 46.3 Å². The van der Waals surface area contributed by atoms with E-state index in [0.29, 0.717) is 34.5 Å². The van der Waals surface area contributed by atoms with Crippen molar-refractivity contribution >= 4 is 17.5 Å². The Bertz CT molecular complexity index is 920. The lowest BCUT2D eigenvalue weighted by molar-refractivity contribution is -0.137. The van der Waals surface area contributed by atoms with E-state index in [-0.39, 0.29) is 11.3 Å². The molecule has 1 aromatic rings. The summed E-state index contributed by atoms with van der Waals surface area (Å²) in [7, 11) is 0. The first kappa shape index (κ1) is 22.5. The van der Waals surface area contributed by atoms with Gasteiger partial charge in [0.05, 0.1) is 18.3 Å². The fourth-order valence-electron chi connectivity index (χ4n) is 9.02. The Morgan fingerprint density at radius 1 is 1.22 bits per heavy atom. The highest BCUT2D eigenvalue weighted by molar-refractivity contribution is 7.99. The van der Waals surface area contributed by atoms with E-state index in [1.54, 1.807) is 17.1 Å². The van der Waals surface area contributed by atoms with Crippen LogP contribution in [0.2, 0.25) is 0 Å². The van der Waals surface area contributed by atoms with E-state index in [9.17, 15) is 4.79 Å². The van der Waals surface area contributed by atoms with Crippen LogP contribution in [0.1, 0.15) is 77.7 Å². The number of nitriles is 1. The summed E-state index contributed by atoms with van der Waals surface area (Å²) in [5.41, 5.74) is 1.16. The third kappa shape index (κ3) is 3.39. The highest BCUT2D eigenvalue weighted by atomic mass is 32.2. The maximum absolute atomic E-state index is 13.6. The van der Waals surface area contributed by atoms with E-state index in [1.165, 1.54) is 44.9 Å². The second-order valence-electron chi connectivity index (χ2n) is 12.1. The Hall–Kier alpha value is -1.28. The van der Waals surface area contributed by atoms with E-state index >= 15 is 0 Å². The number of nitrogens with zero attached hydrogens (tertiary/aromatic N) is 3. The number of ketones is 1. The molecule has 0 spiro atoms. The van der Waals surface area contributed by atoms with Gasteiger partial charge >= 0.3 is 0 Å². The number of fused-ring (bicyclic) bond motifs is 5. The minimum atomic E-state index is 0.113. The Kier molecular flexibility index (Phi) is 5.76. The van der Waals surface area contributed by atoms with Crippen LogP contribution in [0.15, 0.2) is 12.4 Å². The van der Waals surface area contributed by atoms with E-state index in [1.807, 2.05) is 11.8 Å². The molecule has 0 bridgehead atoms. The first-order valence-electron chi connectivity index (χ1n) is 12.8. The summed E-state index contributed by atoms with van der Waals surface area (Å²) in [5, 5.41) is 13.9. The number of thioether (sulfide) groups is 1. The van der Waals surface area contributed by atoms with Crippen LogP contribution in [0.25, 0.3) is 0 Å². The van der Waals surface area contributed by atoms with E-state index in [4.69, 9.17) is 5.26 Å². The Labute approximate surface area is 197 Å². The molecule has 0 radical (unpaired) electrons. The lowest BCUT2D eigenvalue weighted by Gasteiger charge is -2.61. The first-order valence-corrected chi connectivity index (χ1v) is 14.1. The highest BCUT2D eigenvalue weighted by Gasteiger charge is 2.63. The SMILES string of the molecule is CSC1C[C@H](C(=O)Cn2cc(C#N)cn2)[C@@]2(C)CC[C@H]3[C@@H](CC[C@@H]4C[C@@H](C)CC[C@@]43C)C12. The van der Waals surface area contributed by atoms with Gasteiger partial charge in [-0.25, -0.2) is 0 Å². The normalized spacial score (nSPS) is 45.4. The van der Waals surface area contributed by atoms with Crippen molar-refractivity contribution in [2.75, 3.05) is 6.26 Å². The van der Waals surface area contributed by atoms with Crippen LogP contribution in [-0.2, 0) is 11.3 Å².